The lowest BCUT2D eigenvalue weighted by Gasteiger charge is -2.18. The van der Waals surface area contributed by atoms with Crippen LogP contribution in [0.1, 0.15) is 24.6 Å². The maximum atomic E-state index is 9.32. The highest BCUT2D eigenvalue weighted by atomic mass is 16.5. The Morgan fingerprint density at radius 1 is 1.70 bits per heavy atom. The predicted molar refractivity (Wildman–Crippen MR) is 71.3 cm³/mol. The maximum Gasteiger partial charge on any atom is 0.177 e. The molecule has 2 atom stereocenters. The van der Waals surface area contributed by atoms with Crippen LogP contribution in [0.25, 0.3) is 5.52 Å². The van der Waals surface area contributed by atoms with Crippen LogP contribution < -0.4 is 11.2 Å². The van der Waals surface area contributed by atoms with E-state index in [1.807, 2.05) is 6.07 Å². The van der Waals surface area contributed by atoms with Gasteiger partial charge in [-0.1, -0.05) is 5.46 Å². The Morgan fingerprint density at radius 3 is 3.15 bits per heavy atom. The van der Waals surface area contributed by atoms with Crippen LogP contribution in [0.2, 0.25) is 0 Å². The standard InChI is InChI=1S/C12H12BN5O2/c13-7-3-8(18-10(7)11(15)16-6-17-18)9-1-2-12(4-14,5-19)20-9/h3,6,9,19H,1-2,5H2,(H2,15,16,17). The number of hydrogen-bond acceptors (Lipinski definition) is 6. The molecule has 2 radical (unpaired) electrons. The van der Waals surface area contributed by atoms with E-state index in [-0.39, 0.29) is 18.5 Å². The second-order valence-corrected chi connectivity index (χ2v) is 4.84. The molecule has 2 aromatic rings. The SMILES string of the molecule is [B]c1cc(C2CCC(C#N)(CO)O2)n2ncnc(N)c12. The summed E-state index contributed by atoms with van der Waals surface area (Å²) in [7, 11) is 5.93. The van der Waals surface area contributed by atoms with E-state index in [1.54, 1.807) is 10.6 Å². The number of nitrogen functional groups attached to an aromatic ring is 1. The van der Waals surface area contributed by atoms with Crippen molar-refractivity contribution in [2.24, 2.45) is 0 Å². The highest BCUT2D eigenvalue weighted by Gasteiger charge is 2.41. The van der Waals surface area contributed by atoms with E-state index < -0.39 is 5.60 Å². The number of ether oxygens (including phenoxy) is 1. The van der Waals surface area contributed by atoms with Crippen molar-refractivity contribution in [3.8, 4) is 6.07 Å². The molecule has 7 nitrogen and oxygen atoms in total. The summed E-state index contributed by atoms with van der Waals surface area (Å²) in [5.74, 6) is 0.287. The molecule has 2 unspecified atom stereocenters. The van der Waals surface area contributed by atoms with E-state index in [1.165, 1.54) is 6.33 Å². The average molecular weight is 269 g/mol. The Bertz CT molecular complexity index is 710. The summed E-state index contributed by atoms with van der Waals surface area (Å²) >= 11 is 0. The highest BCUT2D eigenvalue weighted by molar-refractivity contribution is 6.37. The van der Waals surface area contributed by atoms with Gasteiger partial charge in [0.15, 0.2) is 11.4 Å². The van der Waals surface area contributed by atoms with Crippen molar-refractivity contribution in [1.29, 1.82) is 5.26 Å². The van der Waals surface area contributed by atoms with E-state index in [0.717, 1.165) is 0 Å². The van der Waals surface area contributed by atoms with Gasteiger partial charge in [0, 0.05) is 0 Å². The van der Waals surface area contributed by atoms with Crippen molar-refractivity contribution in [2.45, 2.75) is 24.5 Å². The molecule has 1 aliphatic rings. The summed E-state index contributed by atoms with van der Waals surface area (Å²) in [6.07, 6.45) is 2.03. The summed E-state index contributed by atoms with van der Waals surface area (Å²) in [6.45, 7) is -0.337. The molecule has 0 bridgehead atoms. The minimum absolute atomic E-state index is 0.287. The van der Waals surface area contributed by atoms with E-state index in [4.69, 9.17) is 23.6 Å². The van der Waals surface area contributed by atoms with Crippen molar-refractivity contribution >= 4 is 24.6 Å². The summed E-state index contributed by atoms with van der Waals surface area (Å²) in [5.41, 5.74) is 6.34. The second-order valence-electron chi connectivity index (χ2n) is 4.84. The molecule has 3 N–H and O–H groups in total. The Hall–Kier alpha value is -2.11. The molecule has 1 aliphatic heterocycles. The van der Waals surface area contributed by atoms with E-state index in [2.05, 4.69) is 10.1 Å². The van der Waals surface area contributed by atoms with Gasteiger partial charge < -0.3 is 15.6 Å². The number of aliphatic hydroxyl groups is 1. The monoisotopic (exact) mass is 269 g/mol. The number of nitrogens with zero attached hydrogens (tertiary/aromatic N) is 4. The normalized spacial score (nSPS) is 25.9. The molecule has 0 aliphatic carbocycles. The van der Waals surface area contributed by atoms with Gasteiger partial charge in [-0.15, -0.1) is 0 Å². The number of fused-ring (bicyclic) bond motifs is 1. The van der Waals surface area contributed by atoms with Crippen LogP contribution in [-0.4, -0.2) is 39.8 Å². The maximum absolute atomic E-state index is 9.32. The molecule has 3 rings (SSSR count). The second kappa shape index (κ2) is 4.47. The van der Waals surface area contributed by atoms with Crippen LogP contribution >= 0.6 is 0 Å². The lowest BCUT2D eigenvalue weighted by Crippen LogP contribution is -2.30. The number of rotatable bonds is 2. The fourth-order valence-electron chi connectivity index (χ4n) is 2.55. The number of aliphatic hydroxyl groups excluding tert-OH is 1. The van der Waals surface area contributed by atoms with Crippen molar-refractivity contribution in [1.82, 2.24) is 14.6 Å². The Balaban J connectivity index is 2.05. The first-order chi connectivity index (χ1) is 9.60. The molecule has 0 amide bonds. The first-order valence-corrected chi connectivity index (χ1v) is 6.18. The van der Waals surface area contributed by atoms with Crippen molar-refractivity contribution in [3.05, 3.63) is 18.1 Å². The molecule has 0 saturated carbocycles. The third-order valence-electron chi connectivity index (χ3n) is 3.61. The van der Waals surface area contributed by atoms with Gasteiger partial charge in [0.05, 0.1) is 12.3 Å². The van der Waals surface area contributed by atoms with Gasteiger partial charge in [-0.3, -0.25) is 0 Å². The quantitative estimate of drug-likeness (QED) is 0.691. The van der Waals surface area contributed by atoms with Crippen molar-refractivity contribution < 1.29 is 9.84 Å². The van der Waals surface area contributed by atoms with E-state index in [9.17, 15) is 5.11 Å². The van der Waals surface area contributed by atoms with Gasteiger partial charge in [-0.25, -0.2) is 9.50 Å². The van der Waals surface area contributed by atoms with Gasteiger partial charge in [-0.2, -0.15) is 10.4 Å². The van der Waals surface area contributed by atoms with Crippen LogP contribution in [-0.2, 0) is 4.74 Å². The molecular weight excluding hydrogens is 257 g/mol. The molecule has 1 fully saturated rings. The topological polar surface area (TPSA) is 109 Å². The summed E-state index contributed by atoms with van der Waals surface area (Å²) in [5, 5.41) is 22.6. The van der Waals surface area contributed by atoms with E-state index >= 15 is 0 Å². The van der Waals surface area contributed by atoms with Gasteiger partial charge in [0.2, 0.25) is 0 Å². The lowest BCUT2D eigenvalue weighted by atomic mass is 9.97. The Morgan fingerprint density at radius 2 is 2.50 bits per heavy atom. The molecule has 100 valence electrons. The molecule has 3 heterocycles. The minimum atomic E-state index is -1.15. The van der Waals surface area contributed by atoms with Crippen LogP contribution in [0, 0.1) is 11.3 Å². The van der Waals surface area contributed by atoms with Crippen molar-refractivity contribution in [2.75, 3.05) is 12.3 Å². The molecule has 1 saturated heterocycles. The third kappa shape index (κ3) is 1.75. The zero-order valence-corrected chi connectivity index (χ0v) is 10.7. The first kappa shape index (κ1) is 12.9. The summed E-state index contributed by atoms with van der Waals surface area (Å²) < 4.78 is 7.28. The van der Waals surface area contributed by atoms with Crippen LogP contribution in [0.3, 0.4) is 0 Å². The molecule has 0 spiro atoms. The van der Waals surface area contributed by atoms with Gasteiger partial charge in [0.25, 0.3) is 0 Å². The molecule has 8 heteroatoms. The number of anilines is 1. The van der Waals surface area contributed by atoms with Gasteiger partial charge >= 0.3 is 0 Å². The van der Waals surface area contributed by atoms with Crippen LogP contribution in [0.4, 0.5) is 5.82 Å². The highest BCUT2D eigenvalue weighted by Crippen LogP contribution is 2.39. The summed E-state index contributed by atoms with van der Waals surface area (Å²) in [4.78, 5) is 3.90. The summed E-state index contributed by atoms with van der Waals surface area (Å²) in [6, 6.07) is 3.74. The number of hydrogen-bond donors (Lipinski definition) is 2. The fourth-order valence-corrected chi connectivity index (χ4v) is 2.55. The number of nitrogens with two attached hydrogens (primary N) is 1. The van der Waals surface area contributed by atoms with E-state index in [0.29, 0.717) is 29.5 Å². The molecule has 0 aromatic carbocycles. The first-order valence-electron chi connectivity index (χ1n) is 6.18. The largest absolute Gasteiger partial charge is 0.392 e. The van der Waals surface area contributed by atoms with Crippen LogP contribution in [0.15, 0.2) is 12.4 Å². The molecular formula is C12H12BN5O2. The third-order valence-corrected chi connectivity index (χ3v) is 3.61. The van der Waals surface area contributed by atoms with Crippen LogP contribution in [0.5, 0.6) is 0 Å². The average Bonchev–Trinajstić information content (AvgIpc) is 3.02. The van der Waals surface area contributed by atoms with Gasteiger partial charge in [-0.05, 0) is 18.9 Å². The molecule has 20 heavy (non-hydrogen) atoms. The molecule has 2 aromatic heterocycles. The van der Waals surface area contributed by atoms with Crippen molar-refractivity contribution in [3.63, 3.8) is 0 Å². The number of aromatic nitrogens is 3. The lowest BCUT2D eigenvalue weighted by molar-refractivity contribution is -0.0386. The Kier molecular flexibility index (Phi) is 2.89. The zero-order chi connectivity index (χ0) is 14.3. The Labute approximate surface area is 116 Å². The zero-order valence-electron chi connectivity index (χ0n) is 10.7. The van der Waals surface area contributed by atoms with Gasteiger partial charge in [0.1, 0.15) is 31.9 Å². The predicted octanol–water partition coefficient (Wildman–Crippen LogP) is -0.789. The number of nitriles is 1. The fraction of sp³-hybridized carbons (Fsp3) is 0.417. The minimum Gasteiger partial charge on any atom is -0.392 e. The smallest absolute Gasteiger partial charge is 0.177 e.